The quantitative estimate of drug-likeness (QED) is 0.708. The third-order valence-corrected chi connectivity index (χ3v) is 6.13. The van der Waals surface area contributed by atoms with Gasteiger partial charge >= 0.3 is 0 Å². The number of rotatable bonds is 8. The molecular formula is C23H33N3O4. The van der Waals surface area contributed by atoms with Gasteiger partial charge in [0.05, 0.1) is 7.11 Å². The zero-order valence-corrected chi connectivity index (χ0v) is 18.1. The van der Waals surface area contributed by atoms with E-state index in [1.165, 1.54) is 0 Å². The first kappa shape index (κ1) is 22.1. The molecule has 1 aromatic rings. The Morgan fingerprint density at radius 1 is 1.20 bits per heavy atom. The maximum atomic E-state index is 12.6. The second kappa shape index (κ2) is 10.5. The minimum Gasteiger partial charge on any atom is -0.497 e. The number of methoxy groups -OCH3 is 1. The molecule has 30 heavy (non-hydrogen) atoms. The molecule has 0 saturated carbocycles. The molecule has 7 heteroatoms. The number of piperidine rings is 1. The highest BCUT2D eigenvalue weighted by atomic mass is 16.5. The van der Waals surface area contributed by atoms with Gasteiger partial charge in [0.15, 0.2) is 0 Å². The second-order valence-electron chi connectivity index (χ2n) is 8.35. The lowest BCUT2D eigenvalue weighted by Crippen LogP contribution is -2.41. The van der Waals surface area contributed by atoms with Crippen LogP contribution in [0.25, 0.3) is 0 Å². The van der Waals surface area contributed by atoms with Gasteiger partial charge in [-0.3, -0.25) is 14.4 Å². The molecule has 0 spiro atoms. The Kier molecular flexibility index (Phi) is 7.71. The molecule has 7 nitrogen and oxygen atoms in total. The van der Waals surface area contributed by atoms with E-state index in [1.807, 2.05) is 30.0 Å². The van der Waals surface area contributed by atoms with Crippen LogP contribution in [0.4, 0.5) is 5.69 Å². The van der Waals surface area contributed by atoms with E-state index in [0.29, 0.717) is 38.3 Å². The smallest absolute Gasteiger partial charge is 0.224 e. The first-order chi connectivity index (χ1) is 14.5. The fraction of sp³-hybridized carbons (Fsp3) is 0.609. The number of benzene rings is 1. The number of nitrogens with one attached hydrogen (secondary N) is 1. The van der Waals surface area contributed by atoms with Crippen molar-refractivity contribution in [2.24, 2.45) is 5.92 Å². The molecule has 164 valence electrons. The van der Waals surface area contributed by atoms with E-state index < -0.39 is 0 Å². The van der Waals surface area contributed by atoms with Crippen LogP contribution in [0.3, 0.4) is 0 Å². The van der Waals surface area contributed by atoms with E-state index in [1.54, 1.807) is 12.0 Å². The Labute approximate surface area is 178 Å². The Balaban J connectivity index is 1.41. The number of nitrogens with zero attached hydrogens (tertiary/aromatic N) is 2. The van der Waals surface area contributed by atoms with Crippen molar-refractivity contribution in [2.75, 3.05) is 38.6 Å². The van der Waals surface area contributed by atoms with E-state index in [4.69, 9.17) is 4.74 Å². The predicted molar refractivity (Wildman–Crippen MR) is 115 cm³/mol. The molecule has 1 aromatic carbocycles. The number of amides is 3. The average molecular weight is 416 g/mol. The molecule has 2 heterocycles. The zero-order valence-electron chi connectivity index (χ0n) is 18.1. The summed E-state index contributed by atoms with van der Waals surface area (Å²) in [5.74, 6) is 1.40. The number of carbonyl (C=O) groups is 3. The number of ether oxygens (including phenoxy) is 1. The number of hydrogen-bond acceptors (Lipinski definition) is 4. The number of anilines is 1. The number of aryl methyl sites for hydroxylation is 1. The van der Waals surface area contributed by atoms with Gasteiger partial charge in [0.1, 0.15) is 5.75 Å². The summed E-state index contributed by atoms with van der Waals surface area (Å²) in [6, 6.07) is 5.59. The Morgan fingerprint density at radius 2 is 2.03 bits per heavy atom. The van der Waals surface area contributed by atoms with Crippen LogP contribution in [0.15, 0.2) is 18.2 Å². The maximum absolute atomic E-state index is 12.6. The van der Waals surface area contributed by atoms with Crippen LogP contribution >= 0.6 is 0 Å². The van der Waals surface area contributed by atoms with Crippen LogP contribution in [-0.4, -0.2) is 60.8 Å². The van der Waals surface area contributed by atoms with E-state index in [-0.39, 0.29) is 17.7 Å². The van der Waals surface area contributed by atoms with Gasteiger partial charge in [0.2, 0.25) is 17.7 Å². The molecule has 3 rings (SSSR count). The van der Waals surface area contributed by atoms with Gasteiger partial charge in [-0.15, -0.1) is 0 Å². The molecule has 1 atom stereocenters. The number of likely N-dealkylation sites (tertiary alicyclic amines) is 2. The summed E-state index contributed by atoms with van der Waals surface area (Å²) in [6.07, 6.45) is 5.14. The molecule has 2 fully saturated rings. The second-order valence-corrected chi connectivity index (χ2v) is 8.35. The number of carbonyl (C=O) groups excluding carboxylic acids is 3. The highest BCUT2D eigenvalue weighted by Crippen LogP contribution is 2.24. The van der Waals surface area contributed by atoms with Gasteiger partial charge in [-0.2, -0.15) is 0 Å². The van der Waals surface area contributed by atoms with Crippen molar-refractivity contribution >= 4 is 23.4 Å². The summed E-state index contributed by atoms with van der Waals surface area (Å²) >= 11 is 0. The molecule has 3 amide bonds. The number of hydrogen-bond donors (Lipinski definition) is 1. The van der Waals surface area contributed by atoms with Crippen LogP contribution in [0.2, 0.25) is 0 Å². The molecule has 2 saturated heterocycles. The SMILES string of the molecule is COc1ccc(NC(=O)CCC2CCCN(C(=O)CCN3CCCC3=O)C2)c(C)c1. The van der Waals surface area contributed by atoms with Crippen molar-refractivity contribution in [3.05, 3.63) is 23.8 Å². The normalized spacial score (nSPS) is 19.1. The molecule has 1 N–H and O–H groups in total. The van der Waals surface area contributed by atoms with Gasteiger partial charge in [0, 0.05) is 51.1 Å². The third kappa shape index (κ3) is 5.97. The van der Waals surface area contributed by atoms with E-state index in [9.17, 15) is 14.4 Å². The van der Waals surface area contributed by atoms with Gasteiger partial charge in [-0.05, 0) is 62.3 Å². The average Bonchev–Trinajstić information content (AvgIpc) is 3.16. The zero-order chi connectivity index (χ0) is 21.5. The summed E-state index contributed by atoms with van der Waals surface area (Å²) in [5.41, 5.74) is 1.77. The summed E-state index contributed by atoms with van der Waals surface area (Å²) in [5, 5.41) is 2.98. The van der Waals surface area contributed by atoms with Gasteiger partial charge in [-0.1, -0.05) is 0 Å². The highest BCUT2D eigenvalue weighted by molar-refractivity contribution is 5.91. The van der Waals surface area contributed by atoms with Crippen LogP contribution in [-0.2, 0) is 14.4 Å². The largest absolute Gasteiger partial charge is 0.497 e. The van der Waals surface area contributed by atoms with Gasteiger partial charge in [-0.25, -0.2) is 0 Å². The van der Waals surface area contributed by atoms with E-state index in [0.717, 1.165) is 55.8 Å². The van der Waals surface area contributed by atoms with Crippen molar-refractivity contribution in [1.29, 1.82) is 0 Å². The summed E-state index contributed by atoms with van der Waals surface area (Å²) < 4.78 is 5.20. The van der Waals surface area contributed by atoms with Crippen molar-refractivity contribution in [3.63, 3.8) is 0 Å². The van der Waals surface area contributed by atoms with Gasteiger partial charge < -0.3 is 19.9 Å². The van der Waals surface area contributed by atoms with Crippen LogP contribution in [0.1, 0.15) is 50.5 Å². The molecule has 0 aliphatic carbocycles. The van der Waals surface area contributed by atoms with E-state index >= 15 is 0 Å². The lowest BCUT2D eigenvalue weighted by atomic mass is 9.93. The minimum atomic E-state index is -0.000683. The maximum Gasteiger partial charge on any atom is 0.224 e. The molecule has 2 aliphatic rings. The highest BCUT2D eigenvalue weighted by Gasteiger charge is 2.26. The summed E-state index contributed by atoms with van der Waals surface area (Å²) in [6.45, 7) is 4.74. The van der Waals surface area contributed by atoms with Crippen LogP contribution in [0.5, 0.6) is 5.75 Å². The first-order valence-corrected chi connectivity index (χ1v) is 11.0. The lowest BCUT2D eigenvalue weighted by molar-refractivity contribution is -0.134. The molecule has 0 aromatic heterocycles. The molecular weight excluding hydrogens is 382 g/mol. The third-order valence-electron chi connectivity index (χ3n) is 6.13. The first-order valence-electron chi connectivity index (χ1n) is 11.0. The van der Waals surface area contributed by atoms with Crippen molar-refractivity contribution in [2.45, 2.75) is 51.9 Å². The van der Waals surface area contributed by atoms with Crippen molar-refractivity contribution in [1.82, 2.24) is 9.80 Å². The fourth-order valence-corrected chi connectivity index (χ4v) is 4.31. The Hall–Kier alpha value is -2.57. The topological polar surface area (TPSA) is 79.0 Å². The molecule has 0 radical (unpaired) electrons. The fourth-order valence-electron chi connectivity index (χ4n) is 4.31. The van der Waals surface area contributed by atoms with Gasteiger partial charge in [0.25, 0.3) is 0 Å². The monoisotopic (exact) mass is 415 g/mol. The summed E-state index contributed by atoms with van der Waals surface area (Å²) in [4.78, 5) is 40.4. The molecule has 0 bridgehead atoms. The standard InChI is InChI=1S/C23H33N3O4/c1-17-15-19(30-2)8-9-20(17)24-21(27)10-7-18-5-3-13-26(16-18)23(29)11-14-25-12-4-6-22(25)28/h8-9,15,18H,3-7,10-14,16H2,1-2H3,(H,24,27). The predicted octanol–water partition coefficient (Wildman–Crippen LogP) is 2.97. The molecule has 1 unspecified atom stereocenters. The Morgan fingerprint density at radius 3 is 2.73 bits per heavy atom. The van der Waals surface area contributed by atoms with Crippen LogP contribution in [0, 0.1) is 12.8 Å². The Bertz CT molecular complexity index is 780. The van der Waals surface area contributed by atoms with Crippen molar-refractivity contribution < 1.29 is 19.1 Å². The lowest BCUT2D eigenvalue weighted by Gasteiger charge is -2.33. The summed E-state index contributed by atoms with van der Waals surface area (Å²) in [7, 11) is 1.62. The van der Waals surface area contributed by atoms with E-state index in [2.05, 4.69) is 5.32 Å². The van der Waals surface area contributed by atoms with Crippen LogP contribution < -0.4 is 10.1 Å². The minimum absolute atomic E-state index is 0.000683. The van der Waals surface area contributed by atoms with Crippen molar-refractivity contribution in [3.8, 4) is 5.75 Å². The molecule has 2 aliphatic heterocycles.